The molecule has 25 heavy (non-hydrogen) atoms. The first kappa shape index (κ1) is 16.6. The summed E-state index contributed by atoms with van der Waals surface area (Å²) in [5.74, 6) is 2.37. The van der Waals surface area contributed by atoms with Crippen LogP contribution in [0.1, 0.15) is 32.1 Å². The van der Waals surface area contributed by atoms with E-state index in [9.17, 15) is 4.79 Å². The summed E-state index contributed by atoms with van der Waals surface area (Å²) >= 11 is 0. The van der Waals surface area contributed by atoms with Crippen LogP contribution >= 0.6 is 0 Å². The number of amides is 1. The predicted molar refractivity (Wildman–Crippen MR) is 96.9 cm³/mol. The van der Waals surface area contributed by atoms with Crippen molar-refractivity contribution >= 4 is 11.7 Å². The molecule has 1 aromatic heterocycles. The minimum absolute atomic E-state index is 0.208. The van der Waals surface area contributed by atoms with Gasteiger partial charge in [0.15, 0.2) is 11.6 Å². The van der Waals surface area contributed by atoms with Gasteiger partial charge in [0.25, 0.3) is 0 Å². The average molecular weight is 344 g/mol. The largest absolute Gasteiger partial charge is 0.485 e. The molecule has 4 rings (SSSR count). The molecule has 0 aromatic carbocycles. The lowest BCUT2D eigenvalue weighted by Crippen LogP contribution is -2.29. The number of hydrogen-bond donors (Lipinski definition) is 1. The topological polar surface area (TPSA) is 57.7 Å². The van der Waals surface area contributed by atoms with Crippen LogP contribution in [0.15, 0.2) is 18.3 Å². The molecule has 1 aromatic rings. The number of carbonyl (C=O) groups excluding carboxylic acids is 1. The molecule has 3 saturated heterocycles. The van der Waals surface area contributed by atoms with Gasteiger partial charge in [-0.25, -0.2) is 4.98 Å². The Morgan fingerprint density at radius 3 is 2.92 bits per heavy atom. The van der Waals surface area contributed by atoms with E-state index in [1.165, 1.54) is 12.8 Å². The number of aromatic nitrogens is 1. The molecule has 2 unspecified atom stereocenters. The van der Waals surface area contributed by atoms with Gasteiger partial charge < -0.3 is 15.0 Å². The Hall–Kier alpha value is -1.82. The maximum atomic E-state index is 11.7. The molecule has 3 aliphatic heterocycles. The number of rotatable bonds is 6. The van der Waals surface area contributed by atoms with E-state index in [0.29, 0.717) is 0 Å². The highest BCUT2D eigenvalue weighted by molar-refractivity contribution is 5.80. The molecule has 3 fully saturated rings. The van der Waals surface area contributed by atoms with Crippen molar-refractivity contribution in [3.8, 4) is 5.75 Å². The van der Waals surface area contributed by atoms with Crippen LogP contribution in [0.25, 0.3) is 0 Å². The normalized spacial score (nSPS) is 27.0. The Labute approximate surface area is 149 Å². The van der Waals surface area contributed by atoms with E-state index in [4.69, 9.17) is 4.74 Å². The van der Waals surface area contributed by atoms with E-state index in [1.807, 2.05) is 18.3 Å². The Morgan fingerprint density at radius 1 is 1.24 bits per heavy atom. The summed E-state index contributed by atoms with van der Waals surface area (Å²) in [4.78, 5) is 21.0. The van der Waals surface area contributed by atoms with Crippen molar-refractivity contribution in [3.63, 3.8) is 0 Å². The Morgan fingerprint density at radius 2 is 2.12 bits per heavy atom. The lowest BCUT2D eigenvalue weighted by Gasteiger charge is -2.22. The monoisotopic (exact) mass is 344 g/mol. The van der Waals surface area contributed by atoms with Crippen LogP contribution in [-0.4, -0.2) is 61.2 Å². The Kier molecular flexibility index (Phi) is 5.06. The number of ether oxygens (including phenoxy) is 1. The summed E-state index contributed by atoms with van der Waals surface area (Å²) in [7, 11) is 0. The first-order valence-corrected chi connectivity index (χ1v) is 9.66. The molecule has 0 saturated carbocycles. The Bertz CT molecular complexity index is 603. The van der Waals surface area contributed by atoms with Gasteiger partial charge in [0.1, 0.15) is 6.10 Å². The molecule has 3 aliphatic rings. The van der Waals surface area contributed by atoms with Crippen molar-refractivity contribution in [2.24, 2.45) is 5.92 Å². The molecule has 2 atom stereocenters. The number of nitrogens with zero attached hydrogens (tertiary/aromatic N) is 3. The van der Waals surface area contributed by atoms with Gasteiger partial charge in [0.2, 0.25) is 5.91 Å². The van der Waals surface area contributed by atoms with Crippen molar-refractivity contribution in [1.82, 2.24) is 15.2 Å². The van der Waals surface area contributed by atoms with Gasteiger partial charge in [0.05, 0.1) is 0 Å². The van der Waals surface area contributed by atoms with Crippen LogP contribution in [-0.2, 0) is 4.79 Å². The third kappa shape index (κ3) is 3.89. The van der Waals surface area contributed by atoms with E-state index in [-0.39, 0.29) is 17.9 Å². The highest BCUT2D eigenvalue weighted by Gasteiger charge is 2.29. The summed E-state index contributed by atoms with van der Waals surface area (Å²) < 4.78 is 6.32. The molecule has 0 bridgehead atoms. The third-order valence-corrected chi connectivity index (χ3v) is 5.64. The fourth-order valence-electron chi connectivity index (χ4n) is 4.18. The third-order valence-electron chi connectivity index (χ3n) is 5.64. The minimum Gasteiger partial charge on any atom is -0.485 e. The molecule has 6 nitrogen and oxygen atoms in total. The van der Waals surface area contributed by atoms with Gasteiger partial charge in [-0.1, -0.05) is 0 Å². The zero-order valence-corrected chi connectivity index (χ0v) is 14.8. The van der Waals surface area contributed by atoms with Gasteiger partial charge in [0, 0.05) is 44.8 Å². The summed E-state index contributed by atoms with van der Waals surface area (Å²) in [6.45, 7) is 5.99. The lowest BCUT2D eigenvalue weighted by atomic mass is 10.0. The number of anilines is 1. The van der Waals surface area contributed by atoms with Crippen molar-refractivity contribution in [1.29, 1.82) is 0 Å². The molecule has 4 heterocycles. The number of pyridine rings is 1. The molecular formula is C19H28N4O2. The maximum Gasteiger partial charge on any atom is 0.223 e. The Balaban J connectivity index is 1.30. The summed E-state index contributed by atoms with van der Waals surface area (Å²) in [5.41, 5.74) is 0. The van der Waals surface area contributed by atoms with Crippen LogP contribution < -0.4 is 15.0 Å². The second-order valence-electron chi connectivity index (χ2n) is 7.41. The number of nitrogens with one attached hydrogen (secondary N) is 1. The molecule has 1 N–H and O–H groups in total. The van der Waals surface area contributed by atoms with E-state index in [2.05, 4.69) is 20.1 Å². The zero-order valence-electron chi connectivity index (χ0n) is 14.8. The van der Waals surface area contributed by atoms with Gasteiger partial charge in [-0.2, -0.15) is 0 Å². The predicted octanol–water partition coefficient (Wildman–Crippen LogP) is 1.66. The van der Waals surface area contributed by atoms with E-state index < -0.39 is 0 Å². The second-order valence-corrected chi connectivity index (χ2v) is 7.41. The van der Waals surface area contributed by atoms with Gasteiger partial charge in [-0.05, 0) is 50.8 Å². The quantitative estimate of drug-likeness (QED) is 0.851. The van der Waals surface area contributed by atoms with Crippen molar-refractivity contribution < 1.29 is 9.53 Å². The standard InChI is InChI=1S/C19H28N4O2/c24-19-15(5-9-21-19)6-12-22-13-7-16(14-22)25-17-4-3-8-20-18(17)23-10-1-2-11-23/h3-4,8,15-16H,1-2,5-7,9-14H2,(H,21,24). The summed E-state index contributed by atoms with van der Waals surface area (Å²) in [6.07, 6.45) is 7.55. The SMILES string of the molecule is O=C1NCCC1CCN1CCC(Oc2cccnc2N2CCCC2)C1. The van der Waals surface area contributed by atoms with Crippen LogP contribution in [0.3, 0.4) is 0 Å². The molecule has 0 radical (unpaired) electrons. The maximum absolute atomic E-state index is 11.7. The lowest BCUT2D eigenvalue weighted by molar-refractivity contribution is -0.122. The van der Waals surface area contributed by atoms with E-state index in [1.54, 1.807) is 0 Å². The average Bonchev–Trinajstić information content (AvgIpc) is 3.36. The first-order valence-electron chi connectivity index (χ1n) is 9.66. The number of likely N-dealkylation sites (tertiary alicyclic amines) is 1. The van der Waals surface area contributed by atoms with E-state index in [0.717, 1.165) is 70.1 Å². The second kappa shape index (κ2) is 7.60. The van der Waals surface area contributed by atoms with Crippen molar-refractivity contribution in [2.45, 2.75) is 38.2 Å². The van der Waals surface area contributed by atoms with Gasteiger partial charge in [-0.3, -0.25) is 9.69 Å². The molecule has 6 heteroatoms. The minimum atomic E-state index is 0.208. The smallest absolute Gasteiger partial charge is 0.223 e. The van der Waals surface area contributed by atoms with Crippen molar-refractivity contribution in [3.05, 3.63) is 18.3 Å². The fourth-order valence-corrected chi connectivity index (χ4v) is 4.18. The fraction of sp³-hybridized carbons (Fsp3) is 0.684. The molecule has 0 spiro atoms. The zero-order chi connectivity index (χ0) is 17.1. The highest BCUT2D eigenvalue weighted by atomic mass is 16.5. The molecule has 1 amide bonds. The highest BCUT2D eigenvalue weighted by Crippen LogP contribution is 2.30. The molecular weight excluding hydrogens is 316 g/mol. The van der Waals surface area contributed by atoms with Gasteiger partial charge >= 0.3 is 0 Å². The first-order chi connectivity index (χ1) is 12.3. The summed E-state index contributed by atoms with van der Waals surface area (Å²) in [6, 6.07) is 4.01. The number of hydrogen-bond acceptors (Lipinski definition) is 5. The molecule has 0 aliphatic carbocycles. The van der Waals surface area contributed by atoms with Crippen LogP contribution in [0.2, 0.25) is 0 Å². The van der Waals surface area contributed by atoms with Crippen molar-refractivity contribution in [2.75, 3.05) is 44.2 Å². The number of carbonyl (C=O) groups is 1. The van der Waals surface area contributed by atoms with E-state index >= 15 is 0 Å². The van der Waals surface area contributed by atoms with Gasteiger partial charge in [-0.15, -0.1) is 0 Å². The van der Waals surface area contributed by atoms with Crippen LogP contribution in [0, 0.1) is 5.92 Å². The van der Waals surface area contributed by atoms with Crippen LogP contribution in [0.5, 0.6) is 5.75 Å². The molecule has 136 valence electrons. The van der Waals surface area contributed by atoms with Crippen LogP contribution in [0.4, 0.5) is 5.82 Å². The summed E-state index contributed by atoms with van der Waals surface area (Å²) in [5, 5.41) is 2.93.